The van der Waals surface area contributed by atoms with E-state index in [1.165, 1.54) is 11.3 Å². The highest BCUT2D eigenvalue weighted by Gasteiger charge is 2.22. The maximum atomic E-state index is 5.41. The molecule has 0 unspecified atom stereocenters. The zero-order chi connectivity index (χ0) is 11.7. The lowest BCUT2D eigenvalue weighted by Gasteiger charge is -2.21. The Kier molecular flexibility index (Phi) is 2.68. The smallest absolute Gasteiger partial charge is 0.0736 e. The van der Waals surface area contributed by atoms with Crippen molar-refractivity contribution >= 4 is 0 Å². The Morgan fingerprint density at radius 3 is 2.94 bits per heavy atom. The molecule has 1 aliphatic rings. The van der Waals surface area contributed by atoms with E-state index in [1.807, 2.05) is 24.1 Å². The zero-order valence-electron chi connectivity index (χ0n) is 9.89. The van der Waals surface area contributed by atoms with E-state index in [4.69, 9.17) is 4.74 Å². The molecular formula is C12H16N4O. The summed E-state index contributed by atoms with van der Waals surface area (Å²) in [5.74, 6) is 0.509. The quantitative estimate of drug-likeness (QED) is 0.857. The second kappa shape index (κ2) is 4.33. The van der Waals surface area contributed by atoms with Gasteiger partial charge in [0.1, 0.15) is 0 Å². The van der Waals surface area contributed by atoms with Crippen molar-refractivity contribution in [3.05, 3.63) is 24.3 Å². The molecule has 1 N–H and O–H groups in total. The number of nitrogens with one attached hydrogen (secondary N) is 1. The van der Waals surface area contributed by atoms with Gasteiger partial charge in [-0.3, -0.25) is 9.78 Å². The standard InChI is InChI=1S/C12H16N4O/c1-16-8-11(10-6-13-14-7-10)12(15-16)9-2-4-17-5-3-9/h6-9H,2-5H2,1H3,(H,13,14). The first kappa shape index (κ1) is 10.5. The molecule has 3 heterocycles. The van der Waals surface area contributed by atoms with Crippen molar-refractivity contribution in [1.82, 2.24) is 20.0 Å². The molecule has 17 heavy (non-hydrogen) atoms. The minimum Gasteiger partial charge on any atom is -0.381 e. The fourth-order valence-corrected chi connectivity index (χ4v) is 2.40. The van der Waals surface area contributed by atoms with Gasteiger partial charge in [0, 0.05) is 49.7 Å². The molecule has 0 saturated carbocycles. The normalized spacial score (nSPS) is 17.5. The van der Waals surface area contributed by atoms with Gasteiger partial charge < -0.3 is 4.74 Å². The first-order chi connectivity index (χ1) is 8.34. The van der Waals surface area contributed by atoms with E-state index in [0.717, 1.165) is 31.6 Å². The summed E-state index contributed by atoms with van der Waals surface area (Å²) in [6.07, 6.45) is 7.94. The summed E-state index contributed by atoms with van der Waals surface area (Å²) in [6, 6.07) is 0. The van der Waals surface area contributed by atoms with Gasteiger partial charge in [0.05, 0.1) is 11.9 Å². The Morgan fingerprint density at radius 2 is 2.24 bits per heavy atom. The van der Waals surface area contributed by atoms with Crippen LogP contribution in [0.3, 0.4) is 0 Å². The summed E-state index contributed by atoms with van der Waals surface area (Å²) in [5, 5.41) is 11.5. The molecule has 0 spiro atoms. The lowest BCUT2D eigenvalue weighted by Crippen LogP contribution is -2.15. The molecule has 1 fully saturated rings. The summed E-state index contributed by atoms with van der Waals surface area (Å²) in [4.78, 5) is 0. The fourth-order valence-electron chi connectivity index (χ4n) is 2.40. The van der Waals surface area contributed by atoms with E-state index in [9.17, 15) is 0 Å². The van der Waals surface area contributed by atoms with Gasteiger partial charge in [-0.05, 0) is 12.8 Å². The third-order valence-corrected chi connectivity index (χ3v) is 3.27. The van der Waals surface area contributed by atoms with Crippen LogP contribution < -0.4 is 0 Å². The van der Waals surface area contributed by atoms with Crippen LogP contribution in [0.1, 0.15) is 24.5 Å². The lowest BCUT2D eigenvalue weighted by atomic mass is 9.92. The fraction of sp³-hybridized carbons (Fsp3) is 0.500. The molecule has 2 aromatic rings. The molecule has 0 bridgehead atoms. The van der Waals surface area contributed by atoms with Crippen LogP contribution in [0.4, 0.5) is 0 Å². The predicted octanol–water partition coefficient (Wildman–Crippen LogP) is 1.70. The van der Waals surface area contributed by atoms with Gasteiger partial charge in [-0.25, -0.2) is 0 Å². The van der Waals surface area contributed by atoms with Crippen LogP contribution in [0, 0.1) is 0 Å². The maximum Gasteiger partial charge on any atom is 0.0736 e. The van der Waals surface area contributed by atoms with Gasteiger partial charge in [-0.2, -0.15) is 10.2 Å². The number of nitrogens with zero attached hydrogens (tertiary/aromatic N) is 3. The van der Waals surface area contributed by atoms with E-state index >= 15 is 0 Å². The predicted molar refractivity (Wildman–Crippen MR) is 63.6 cm³/mol. The van der Waals surface area contributed by atoms with E-state index < -0.39 is 0 Å². The summed E-state index contributed by atoms with van der Waals surface area (Å²) < 4.78 is 7.29. The van der Waals surface area contributed by atoms with Crippen LogP contribution in [0.2, 0.25) is 0 Å². The third-order valence-electron chi connectivity index (χ3n) is 3.27. The highest BCUT2D eigenvalue weighted by molar-refractivity contribution is 5.64. The summed E-state index contributed by atoms with van der Waals surface area (Å²) in [6.45, 7) is 1.68. The molecule has 0 aromatic carbocycles. The van der Waals surface area contributed by atoms with Crippen LogP contribution >= 0.6 is 0 Å². The van der Waals surface area contributed by atoms with Gasteiger partial charge in [-0.15, -0.1) is 0 Å². The molecular weight excluding hydrogens is 216 g/mol. The highest BCUT2D eigenvalue weighted by atomic mass is 16.5. The second-order valence-corrected chi connectivity index (χ2v) is 4.48. The van der Waals surface area contributed by atoms with E-state index in [0.29, 0.717) is 5.92 Å². The monoisotopic (exact) mass is 232 g/mol. The molecule has 0 atom stereocenters. The van der Waals surface area contributed by atoms with E-state index in [-0.39, 0.29) is 0 Å². The van der Waals surface area contributed by atoms with E-state index in [1.54, 1.807) is 0 Å². The molecule has 5 heteroatoms. The minimum atomic E-state index is 0.509. The van der Waals surface area contributed by atoms with Gasteiger partial charge >= 0.3 is 0 Å². The molecule has 90 valence electrons. The van der Waals surface area contributed by atoms with Crippen LogP contribution in [-0.2, 0) is 11.8 Å². The number of aromatic nitrogens is 4. The number of ether oxygens (including phenoxy) is 1. The van der Waals surface area contributed by atoms with E-state index in [2.05, 4.69) is 21.5 Å². The second-order valence-electron chi connectivity index (χ2n) is 4.48. The lowest BCUT2D eigenvalue weighted by molar-refractivity contribution is 0.0845. The first-order valence-electron chi connectivity index (χ1n) is 5.95. The Morgan fingerprint density at radius 1 is 1.41 bits per heavy atom. The van der Waals surface area contributed by atoms with Crippen molar-refractivity contribution in [1.29, 1.82) is 0 Å². The number of aryl methyl sites for hydroxylation is 1. The molecule has 0 amide bonds. The van der Waals surface area contributed by atoms with Gasteiger partial charge in [0.15, 0.2) is 0 Å². The van der Waals surface area contributed by atoms with Crippen molar-refractivity contribution in [2.75, 3.05) is 13.2 Å². The molecule has 2 aromatic heterocycles. The van der Waals surface area contributed by atoms with Crippen LogP contribution in [-0.4, -0.2) is 33.2 Å². The third kappa shape index (κ3) is 1.98. The van der Waals surface area contributed by atoms with Crippen molar-refractivity contribution in [3.8, 4) is 11.1 Å². The van der Waals surface area contributed by atoms with Crippen molar-refractivity contribution in [3.63, 3.8) is 0 Å². The van der Waals surface area contributed by atoms with Crippen LogP contribution in [0.5, 0.6) is 0 Å². The zero-order valence-corrected chi connectivity index (χ0v) is 9.89. The molecule has 5 nitrogen and oxygen atoms in total. The summed E-state index contributed by atoms with van der Waals surface area (Å²) in [7, 11) is 1.96. The number of aromatic amines is 1. The summed E-state index contributed by atoms with van der Waals surface area (Å²) >= 11 is 0. The average molecular weight is 232 g/mol. The number of H-pyrrole nitrogens is 1. The Hall–Kier alpha value is -1.62. The Bertz CT molecular complexity index is 483. The molecule has 0 radical (unpaired) electrons. The molecule has 1 saturated heterocycles. The Balaban J connectivity index is 1.98. The molecule has 0 aliphatic carbocycles. The number of rotatable bonds is 2. The maximum absolute atomic E-state index is 5.41. The summed E-state index contributed by atoms with van der Waals surface area (Å²) in [5.41, 5.74) is 3.48. The van der Waals surface area contributed by atoms with Gasteiger partial charge in [0.2, 0.25) is 0 Å². The topological polar surface area (TPSA) is 55.7 Å². The first-order valence-corrected chi connectivity index (χ1v) is 5.95. The van der Waals surface area contributed by atoms with Crippen molar-refractivity contribution in [2.24, 2.45) is 7.05 Å². The average Bonchev–Trinajstić information content (AvgIpc) is 2.98. The van der Waals surface area contributed by atoms with Crippen molar-refractivity contribution < 1.29 is 4.74 Å². The largest absolute Gasteiger partial charge is 0.381 e. The van der Waals surface area contributed by atoms with Gasteiger partial charge in [-0.1, -0.05) is 0 Å². The van der Waals surface area contributed by atoms with Crippen molar-refractivity contribution in [2.45, 2.75) is 18.8 Å². The van der Waals surface area contributed by atoms with Gasteiger partial charge in [0.25, 0.3) is 0 Å². The number of hydrogen-bond acceptors (Lipinski definition) is 3. The van der Waals surface area contributed by atoms with Crippen LogP contribution in [0.15, 0.2) is 18.6 Å². The SMILES string of the molecule is Cn1cc(-c2cn[nH]c2)c(C2CCOCC2)n1. The minimum absolute atomic E-state index is 0.509. The van der Waals surface area contributed by atoms with Crippen LogP contribution in [0.25, 0.3) is 11.1 Å². The molecule has 3 rings (SSSR count). The number of hydrogen-bond donors (Lipinski definition) is 1. The molecule has 1 aliphatic heterocycles. The highest BCUT2D eigenvalue weighted by Crippen LogP contribution is 2.33. The Labute approximate surface area is 99.8 Å².